The summed E-state index contributed by atoms with van der Waals surface area (Å²) in [5.41, 5.74) is 9.13. The number of aryl methyl sites for hydroxylation is 1. The zero-order valence-corrected chi connectivity index (χ0v) is 14.7. The average molecular weight is 366 g/mol. The van der Waals surface area contributed by atoms with E-state index in [4.69, 9.17) is 5.73 Å². The van der Waals surface area contributed by atoms with Gasteiger partial charge in [0.1, 0.15) is 11.6 Å². The molecule has 0 radical (unpaired) electrons. The van der Waals surface area contributed by atoms with E-state index >= 15 is 0 Å². The minimum Gasteiger partial charge on any atom is -0.399 e. The molecule has 0 unspecified atom stereocenters. The van der Waals surface area contributed by atoms with Crippen LogP contribution in [0.4, 0.5) is 14.5 Å². The van der Waals surface area contributed by atoms with Gasteiger partial charge in [-0.25, -0.2) is 18.3 Å². The smallest absolute Gasteiger partial charge is 0.276 e. The van der Waals surface area contributed by atoms with E-state index < -0.39 is 11.6 Å². The van der Waals surface area contributed by atoms with Crippen molar-refractivity contribution < 1.29 is 8.78 Å². The van der Waals surface area contributed by atoms with Crippen molar-refractivity contribution in [1.29, 1.82) is 0 Å². The quantitative estimate of drug-likeness (QED) is 0.529. The second-order valence-electron chi connectivity index (χ2n) is 6.41. The molecular formula is C20H16F2N4O. The molecule has 7 heteroatoms. The topological polar surface area (TPSA) is 76.2 Å². The maximum atomic E-state index is 14.4. The number of hydrogen-bond acceptors (Lipinski definition) is 3. The lowest BCUT2D eigenvalue weighted by molar-refractivity contribution is 0.585. The highest BCUT2D eigenvalue weighted by molar-refractivity contribution is 5.82. The minimum absolute atomic E-state index is 0.173. The van der Waals surface area contributed by atoms with Crippen LogP contribution in [0.2, 0.25) is 0 Å². The summed E-state index contributed by atoms with van der Waals surface area (Å²) in [6, 6.07) is 10.3. The van der Waals surface area contributed by atoms with Gasteiger partial charge in [0, 0.05) is 39.7 Å². The Morgan fingerprint density at radius 1 is 1.07 bits per heavy atom. The van der Waals surface area contributed by atoms with Gasteiger partial charge in [-0.05, 0) is 38.1 Å². The van der Waals surface area contributed by atoms with Crippen LogP contribution in [0.1, 0.15) is 11.3 Å². The van der Waals surface area contributed by atoms with Gasteiger partial charge in [0.25, 0.3) is 5.56 Å². The summed E-state index contributed by atoms with van der Waals surface area (Å²) in [7, 11) is 0. The number of nitrogens with one attached hydrogen (secondary N) is 1. The number of H-pyrrole nitrogens is 1. The molecule has 27 heavy (non-hydrogen) atoms. The molecule has 0 aliphatic heterocycles. The number of aromatic nitrogens is 3. The Kier molecular flexibility index (Phi) is 3.80. The predicted octanol–water partition coefficient (Wildman–Crippen LogP) is 3.83. The summed E-state index contributed by atoms with van der Waals surface area (Å²) in [5.74, 6) is -1.39. The number of halogens is 2. The van der Waals surface area contributed by atoms with Gasteiger partial charge in [-0.1, -0.05) is 12.1 Å². The Balaban J connectivity index is 2.06. The van der Waals surface area contributed by atoms with Gasteiger partial charge in [-0.3, -0.25) is 9.89 Å². The van der Waals surface area contributed by atoms with Crippen molar-refractivity contribution in [3.63, 3.8) is 0 Å². The molecule has 3 N–H and O–H groups in total. The van der Waals surface area contributed by atoms with Crippen molar-refractivity contribution in [3.05, 3.63) is 75.7 Å². The molecule has 0 aliphatic carbocycles. The molecule has 4 aromatic rings. The second-order valence-corrected chi connectivity index (χ2v) is 6.41. The summed E-state index contributed by atoms with van der Waals surface area (Å²) in [4.78, 5) is 17.5. The minimum atomic E-state index is -0.719. The standard InChI is InChI=1S/C20H16F2N4O/c1-10-18(12-3-6-14(23)7-4-12)24-19-17(11(2)25-26(19)20(10)27)15-8-5-13(21)9-16(15)22/h3-9,25H,23H2,1-2H3. The summed E-state index contributed by atoms with van der Waals surface area (Å²) < 4.78 is 29.0. The van der Waals surface area contributed by atoms with Crippen LogP contribution >= 0.6 is 0 Å². The van der Waals surface area contributed by atoms with Crippen LogP contribution in [0.5, 0.6) is 0 Å². The first-order valence-corrected chi connectivity index (χ1v) is 8.30. The summed E-state index contributed by atoms with van der Waals surface area (Å²) in [5, 5.41) is 2.93. The Labute approximate surface area is 153 Å². The van der Waals surface area contributed by atoms with Gasteiger partial charge in [-0.15, -0.1) is 0 Å². The summed E-state index contributed by atoms with van der Waals surface area (Å²) in [6.07, 6.45) is 0. The van der Waals surface area contributed by atoms with E-state index in [9.17, 15) is 13.6 Å². The lowest BCUT2D eigenvalue weighted by Gasteiger charge is -2.08. The monoisotopic (exact) mass is 366 g/mol. The van der Waals surface area contributed by atoms with Crippen molar-refractivity contribution in [3.8, 4) is 22.4 Å². The Hall–Kier alpha value is -3.48. The van der Waals surface area contributed by atoms with Crippen LogP contribution < -0.4 is 11.3 Å². The van der Waals surface area contributed by atoms with Gasteiger partial charge >= 0.3 is 0 Å². The Bertz CT molecular complexity index is 1240. The molecule has 0 amide bonds. The first kappa shape index (κ1) is 17.0. The number of nitrogen functional groups attached to an aromatic ring is 1. The molecule has 136 valence electrons. The molecule has 2 aromatic carbocycles. The molecule has 0 saturated carbocycles. The Morgan fingerprint density at radius 3 is 2.44 bits per heavy atom. The maximum absolute atomic E-state index is 14.4. The Morgan fingerprint density at radius 2 is 1.78 bits per heavy atom. The third-order valence-corrected chi connectivity index (χ3v) is 4.57. The van der Waals surface area contributed by atoms with E-state index in [-0.39, 0.29) is 16.8 Å². The molecular weight excluding hydrogens is 350 g/mol. The molecule has 5 nitrogen and oxygen atoms in total. The van der Waals surface area contributed by atoms with Gasteiger partial charge in [0.15, 0.2) is 5.65 Å². The number of benzene rings is 2. The van der Waals surface area contributed by atoms with Crippen molar-refractivity contribution in [1.82, 2.24) is 14.6 Å². The highest BCUT2D eigenvalue weighted by atomic mass is 19.1. The lowest BCUT2D eigenvalue weighted by atomic mass is 10.0. The van der Waals surface area contributed by atoms with E-state index in [2.05, 4.69) is 10.1 Å². The SMILES string of the molecule is Cc1[nH]n2c(=O)c(C)c(-c3ccc(N)cc3)nc2c1-c1ccc(F)cc1F. The predicted molar refractivity (Wildman–Crippen MR) is 100 cm³/mol. The van der Waals surface area contributed by atoms with Gasteiger partial charge < -0.3 is 5.73 Å². The van der Waals surface area contributed by atoms with E-state index in [0.29, 0.717) is 28.2 Å². The van der Waals surface area contributed by atoms with Crippen LogP contribution in [0.3, 0.4) is 0 Å². The third kappa shape index (κ3) is 2.68. The van der Waals surface area contributed by atoms with Crippen molar-refractivity contribution in [2.45, 2.75) is 13.8 Å². The highest BCUT2D eigenvalue weighted by Gasteiger charge is 2.20. The summed E-state index contributed by atoms with van der Waals surface area (Å²) >= 11 is 0. The van der Waals surface area contributed by atoms with Crippen molar-refractivity contribution >= 4 is 11.3 Å². The number of rotatable bonds is 2. The number of aromatic amines is 1. The first-order chi connectivity index (χ1) is 12.9. The summed E-state index contributed by atoms with van der Waals surface area (Å²) in [6.45, 7) is 3.40. The van der Waals surface area contributed by atoms with Crippen LogP contribution in [-0.2, 0) is 0 Å². The molecule has 0 bridgehead atoms. The van der Waals surface area contributed by atoms with Crippen LogP contribution in [-0.4, -0.2) is 14.6 Å². The van der Waals surface area contributed by atoms with Crippen LogP contribution in [0.15, 0.2) is 47.3 Å². The van der Waals surface area contributed by atoms with Crippen LogP contribution in [0, 0.1) is 25.5 Å². The molecule has 0 fully saturated rings. The van der Waals surface area contributed by atoms with E-state index in [0.717, 1.165) is 11.6 Å². The second kappa shape index (κ2) is 6.05. The fraction of sp³-hybridized carbons (Fsp3) is 0.100. The van der Waals surface area contributed by atoms with Gasteiger partial charge in [0.05, 0.1) is 5.69 Å². The zero-order valence-electron chi connectivity index (χ0n) is 14.7. The largest absolute Gasteiger partial charge is 0.399 e. The number of hydrogen-bond donors (Lipinski definition) is 2. The van der Waals surface area contributed by atoms with E-state index in [1.165, 1.54) is 16.6 Å². The number of anilines is 1. The zero-order chi connectivity index (χ0) is 19.3. The van der Waals surface area contributed by atoms with Gasteiger partial charge in [-0.2, -0.15) is 0 Å². The molecule has 0 aliphatic rings. The van der Waals surface area contributed by atoms with Crippen molar-refractivity contribution in [2.24, 2.45) is 0 Å². The van der Waals surface area contributed by atoms with Crippen LogP contribution in [0.25, 0.3) is 28.0 Å². The van der Waals surface area contributed by atoms with Crippen molar-refractivity contribution in [2.75, 3.05) is 5.73 Å². The average Bonchev–Trinajstić information content (AvgIpc) is 2.95. The normalized spacial score (nSPS) is 11.3. The highest BCUT2D eigenvalue weighted by Crippen LogP contribution is 2.31. The fourth-order valence-corrected chi connectivity index (χ4v) is 3.20. The van der Waals surface area contributed by atoms with E-state index in [1.54, 1.807) is 38.1 Å². The molecule has 0 atom stereocenters. The molecule has 0 saturated heterocycles. The van der Waals surface area contributed by atoms with Gasteiger partial charge in [0.2, 0.25) is 0 Å². The number of nitrogens with zero attached hydrogens (tertiary/aromatic N) is 2. The first-order valence-electron chi connectivity index (χ1n) is 8.30. The number of fused-ring (bicyclic) bond motifs is 1. The molecule has 4 rings (SSSR count). The molecule has 0 spiro atoms. The lowest BCUT2D eigenvalue weighted by Crippen LogP contribution is -2.19. The number of nitrogens with two attached hydrogens (primary N) is 1. The maximum Gasteiger partial charge on any atom is 0.276 e. The molecule has 2 heterocycles. The fourth-order valence-electron chi connectivity index (χ4n) is 3.20. The van der Waals surface area contributed by atoms with E-state index in [1.807, 2.05) is 0 Å². The third-order valence-electron chi connectivity index (χ3n) is 4.57. The molecule has 2 aromatic heterocycles.